The molecule has 1 aromatic rings. The fraction of sp³-hybridized carbons (Fsp3) is 0.600. The van der Waals surface area contributed by atoms with E-state index in [0.29, 0.717) is 19.0 Å². The number of nitrogens with two attached hydrogens (primary N) is 1. The molecule has 0 aliphatic rings. The van der Waals surface area contributed by atoms with Crippen LogP contribution in [0.3, 0.4) is 0 Å². The molecule has 2 N–H and O–H groups in total. The van der Waals surface area contributed by atoms with Gasteiger partial charge in [-0.3, -0.25) is 0 Å². The number of benzene rings is 1. The molecule has 21 heavy (non-hydrogen) atoms. The Kier molecular flexibility index (Phi) is 6.64. The summed E-state index contributed by atoms with van der Waals surface area (Å²) in [6.45, 7) is 8.92. The van der Waals surface area contributed by atoms with Crippen LogP contribution in [0.1, 0.15) is 45.6 Å². The quantitative estimate of drug-likeness (QED) is 0.748. The van der Waals surface area contributed by atoms with Crippen LogP contribution < -0.4 is 9.88 Å². The topological polar surface area (TPSA) is 78.6 Å². The van der Waals surface area contributed by atoms with Crippen molar-refractivity contribution in [2.75, 3.05) is 13.2 Å². The van der Waals surface area contributed by atoms with Gasteiger partial charge in [-0.05, 0) is 49.9 Å². The molecule has 0 bridgehead atoms. The van der Waals surface area contributed by atoms with Gasteiger partial charge in [0.05, 0.1) is 17.6 Å². The van der Waals surface area contributed by atoms with Gasteiger partial charge in [0.25, 0.3) is 0 Å². The van der Waals surface area contributed by atoms with Crippen LogP contribution in [0, 0.1) is 0 Å². The Bertz CT molecular complexity index is 555. The highest BCUT2D eigenvalue weighted by atomic mass is 32.2. The molecular weight excluding hydrogens is 290 g/mol. The summed E-state index contributed by atoms with van der Waals surface area (Å²) < 4.78 is 34.1. The van der Waals surface area contributed by atoms with Crippen molar-refractivity contribution in [3.05, 3.63) is 23.8 Å². The Morgan fingerprint density at radius 1 is 1.19 bits per heavy atom. The highest BCUT2D eigenvalue weighted by molar-refractivity contribution is 7.89. The van der Waals surface area contributed by atoms with Crippen LogP contribution in [0.2, 0.25) is 0 Å². The molecule has 1 unspecified atom stereocenters. The van der Waals surface area contributed by atoms with Gasteiger partial charge in [-0.15, -0.1) is 0 Å². The van der Waals surface area contributed by atoms with Crippen LogP contribution in [0.4, 0.5) is 0 Å². The average Bonchev–Trinajstić information content (AvgIpc) is 2.41. The lowest BCUT2D eigenvalue weighted by atomic mass is 9.98. The largest absolute Gasteiger partial charge is 0.491 e. The summed E-state index contributed by atoms with van der Waals surface area (Å²) in [5.41, 5.74) is 0.855. The van der Waals surface area contributed by atoms with Crippen molar-refractivity contribution in [3.8, 4) is 5.75 Å². The van der Waals surface area contributed by atoms with Crippen LogP contribution >= 0.6 is 0 Å². The summed E-state index contributed by atoms with van der Waals surface area (Å²) >= 11 is 0. The van der Waals surface area contributed by atoms with Crippen molar-refractivity contribution in [2.45, 2.75) is 51.0 Å². The molecule has 0 aromatic heterocycles. The standard InChI is InChI=1S/C15H25NO4S/c1-5-12(4)14-10-13(21(16,17)18)6-7-15(14)20-9-8-19-11(2)3/h6-7,10-12H,5,8-9H2,1-4H3,(H2,16,17,18). The first-order valence-electron chi connectivity index (χ1n) is 7.16. The maximum absolute atomic E-state index is 11.5. The van der Waals surface area contributed by atoms with Crippen LogP contribution in [0.25, 0.3) is 0 Å². The second kappa shape index (κ2) is 7.77. The van der Waals surface area contributed by atoms with Gasteiger partial charge < -0.3 is 9.47 Å². The molecule has 0 fully saturated rings. The van der Waals surface area contributed by atoms with Gasteiger partial charge in [0.15, 0.2) is 0 Å². The minimum absolute atomic E-state index is 0.114. The molecule has 1 atom stereocenters. The third-order valence-corrected chi connectivity index (χ3v) is 4.16. The maximum atomic E-state index is 11.5. The number of rotatable bonds is 8. The number of primary sulfonamides is 1. The second-order valence-corrected chi connectivity index (χ2v) is 6.88. The van der Waals surface area contributed by atoms with Crippen molar-refractivity contribution in [1.82, 2.24) is 0 Å². The highest BCUT2D eigenvalue weighted by Crippen LogP contribution is 2.30. The van der Waals surface area contributed by atoms with Gasteiger partial charge in [-0.2, -0.15) is 0 Å². The summed E-state index contributed by atoms with van der Waals surface area (Å²) in [6, 6.07) is 4.73. The van der Waals surface area contributed by atoms with E-state index >= 15 is 0 Å². The molecule has 0 aliphatic carbocycles. The average molecular weight is 315 g/mol. The molecule has 1 rings (SSSR count). The predicted octanol–water partition coefficient (Wildman–Crippen LogP) is 2.65. The monoisotopic (exact) mass is 315 g/mol. The van der Waals surface area contributed by atoms with Crippen LogP contribution in [-0.2, 0) is 14.8 Å². The van der Waals surface area contributed by atoms with E-state index in [-0.39, 0.29) is 16.9 Å². The lowest BCUT2D eigenvalue weighted by molar-refractivity contribution is 0.0550. The molecule has 5 nitrogen and oxygen atoms in total. The van der Waals surface area contributed by atoms with Crippen molar-refractivity contribution in [3.63, 3.8) is 0 Å². The molecule has 0 radical (unpaired) electrons. The fourth-order valence-electron chi connectivity index (χ4n) is 1.88. The van der Waals surface area contributed by atoms with E-state index in [1.165, 1.54) is 6.07 Å². The number of hydrogen-bond donors (Lipinski definition) is 1. The Labute approximate surface area is 127 Å². The fourth-order valence-corrected chi connectivity index (χ4v) is 2.42. The highest BCUT2D eigenvalue weighted by Gasteiger charge is 2.16. The third-order valence-electron chi connectivity index (χ3n) is 3.25. The maximum Gasteiger partial charge on any atom is 0.238 e. The third kappa shape index (κ3) is 5.65. The summed E-state index contributed by atoms with van der Waals surface area (Å²) in [4.78, 5) is 0.114. The van der Waals surface area contributed by atoms with Crippen molar-refractivity contribution >= 4 is 10.0 Å². The lowest BCUT2D eigenvalue weighted by Gasteiger charge is -2.17. The van der Waals surface area contributed by atoms with E-state index in [9.17, 15) is 8.42 Å². The smallest absolute Gasteiger partial charge is 0.238 e. The van der Waals surface area contributed by atoms with Gasteiger partial charge in [0, 0.05) is 0 Å². The summed E-state index contributed by atoms with van der Waals surface area (Å²) in [6.07, 6.45) is 1.04. The Morgan fingerprint density at radius 3 is 2.38 bits per heavy atom. The predicted molar refractivity (Wildman–Crippen MR) is 83.1 cm³/mol. The van der Waals surface area contributed by atoms with Crippen LogP contribution in [-0.4, -0.2) is 27.7 Å². The number of sulfonamides is 1. The zero-order chi connectivity index (χ0) is 16.0. The Balaban J connectivity index is 2.92. The first kappa shape index (κ1) is 17.9. The molecule has 0 heterocycles. The van der Waals surface area contributed by atoms with E-state index in [0.717, 1.165) is 12.0 Å². The molecular formula is C15H25NO4S. The minimum Gasteiger partial charge on any atom is -0.491 e. The minimum atomic E-state index is -3.70. The number of ether oxygens (including phenoxy) is 2. The first-order valence-corrected chi connectivity index (χ1v) is 8.71. The molecule has 0 aliphatic heterocycles. The SMILES string of the molecule is CCC(C)c1cc(S(N)(=O)=O)ccc1OCCOC(C)C. The van der Waals surface area contributed by atoms with Gasteiger partial charge >= 0.3 is 0 Å². The van der Waals surface area contributed by atoms with Gasteiger partial charge in [-0.25, -0.2) is 13.6 Å². The second-order valence-electron chi connectivity index (χ2n) is 5.32. The first-order chi connectivity index (χ1) is 9.75. The molecule has 0 saturated heterocycles. The molecule has 0 spiro atoms. The van der Waals surface area contributed by atoms with E-state index in [4.69, 9.17) is 14.6 Å². The van der Waals surface area contributed by atoms with E-state index in [1.54, 1.807) is 12.1 Å². The van der Waals surface area contributed by atoms with Crippen LogP contribution in [0.5, 0.6) is 5.75 Å². The van der Waals surface area contributed by atoms with Crippen molar-refractivity contribution < 1.29 is 17.9 Å². The van der Waals surface area contributed by atoms with Gasteiger partial charge in [0.2, 0.25) is 10.0 Å². The Morgan fingerprint density at radius 2 is 1.86 bits per heavy atom. The lowest BCUT2D eigenvalue weighted by Crippen LogP contribution is -2.14. The molecule has 120 valence electrons. The van der Waals surface area contributed by atoms with Crippen molar-refractivity contribution in [1.29, 1.82) is 0 Å². The molecule has 1 aromatic carbocycles. The Hall–Kier alpha value is -1.11. The molecule has 0 saturated carbocycles. The van der Waals surface area contributed by atoms with Gasteiger partial charge in [-0.1, -0.05) is 13.8 Å². The van der Waals surface area contributed by atoms with Crippen LogP contribution in [0.15, 0.2) is 23.1 Å². The normalized spacial score (nSPS) is 13.4. The summed E-state index contributed by atoms with van der Waals surface area (Å²) in [5, 5.41) is 5.18. The summed E-state index contributed by atoms with van der Waals surface area (Å²) in [5.74, 6) is 0.872. The summed E-state index contributed by atoms with van der Waals surface area (Å²) in [7, 11) is -3.70. The number of hydrogen-bond acceptors (Lipinski definition) is 4. The molecule has 0 amide bonds. The van der Waals surface area contributed by atoms with E-state index in [1.807, 2.05) is 27.7 Å². The van der Waals surface area contributed by atoms with Crippen molar-refractivity contribution in [2.24, 2.45) is 5.14 Å². The van der Waals surface area contributed by atoms with E-state index < -0.39 is 10.0 Å². The van der Waals surface area contributed by atoms with E-state index in [2.05, 4.69) is 0 Å². The van der Waals surface area contributed by atoms with Gasteiger partial charge in [0.1, 0.15) is 12.4 Å². The molecule has 6 heteroatoms. The zero-order valence-corrected chi connectivity index (χ0v) is 13.9. The zero-order valence-electron chi connectivity index (χ0n) is 13.1.